The first-order valence-corrected chi connectivity index (χ1v) is 10.1. The lowest BCUT2D eigenvalue weighted by atomic mass is 10.00. The smallest absolute Gasteiger partial charge is 0.371 e. The lowest BCUT2D eigenvalue weighted by molar-refractivity contribution is -0.137. The fourth-order valence-corrected chi connectivity index (χ4v) is 3.74. The van der Waals surface area contributed by atoms with E-state index in [-0.39, 0.29) is 11.7 Å². The first-order chi connectivity index (χ1) is 15.2. The van der Waals surface area contributed by atoms with Gasteiger partial charge in [0.25, 0.3) is 0 Å². The number of allylic oxidation sites excluding steroid dienone is 2. The third-order valence-corrected chi connectivity index (χ3v) is 5.48. The Morgan fingerprint density at radius 3 is 2.44 bits per heavy atom. The number of aryl methyl sites for hydroxylation is 1. The summed E-state index contributed by atoms with van der Waals surface area (Å²) in [6.45, 7) is 10.9. The molecular weight excluding hydrogens is 415 g/mol. The Hall–Kier alpha value is -3.60. The van der Waals surface area contributed by atoms with Crippen LogP contribution >= 0.6 is 0 Å². The van der Waals surface area contributed by atoms with E-state index >= 15 is 0 Å². The van der Waals surface area contributed by atoms with E-state index in [4.69, 9.17) is 5.26 Å². The highest BCUT2D eigenvalue weighted by molar-refractivity contribution is 5.78. The Balaban J connectivity index is 1.83. The zero-order chi connectivity index (χ0) is 23.3. The highest BCUT2D eigenvalue weighted by atomic mass is 19.4. The van der Waals surface area contributed by atoms with Crippen LogP contribution in [-0.4, -0.2) is 35.2 Å². The van der Waals surface area contributed by atoms with Crippen LogP contribution in [0.1, 0.15) is 24.0 Å². The molecule has 32 heavy (non-hydrogen) atoms. The molecule has 8 heteroatoms. The van der Waals surface area contributed by atoms with Crippen molar-refractivity contribution in [3.8, 4) is 6.07 Å². The van der Waals surface area contributed by atoms with E-state index < -0.39 is 11.7 Å². The average molecular weight is 439 g/mol. The first kappa shape index (κ1) is 23.1. The fourth-order valence-electron chi connectivity index (χ4n) is 3.74. The molecule has 166 valence electrons. The second kappa shape index (κ2) is 9.69. The molecule has 1 saturated heterocycles. The van der Waals surface area contributed by atoms with E-state index in [9.17, 15) is 13.2 Å². The first-order valence-electron chi connectivity index (χ1n) is 10.1. The average Bonchev–Trinajstić information content (AvgIpc) is 2.79. The van der Waals surface area contributed by atoms with Gasteiger partial charge in [-0.3, -0.25) is 4.98 Å². The largest absolute Gasteiger partial charge is 0.416 e. The van der Waals surface area contributed by atoms with Crippen LogP contribution in [0.25, 0.3) is 0 Å². The molecule has 0 N–H and O–H groups in total. The molecule has 2 heterocycles. The molecule has 1 aliphatic heterocycles. The molecule has 1 fully saturated rings. The van der Waals surface area contributed by atoms with Crippen LogP contribution in [0.5, 0.6) is 0 Å². The summed E-state index contributed by atoms with van der Waals surface area (Å²) in [5, 5.41) is 8.77. The van der Waals surface area contributed by atoms with Crippen LogP contribution in [0.2, 0.25) is 0 Å². The maximum atomic E-state index is 13.0. The van der Waals surface area contributed by atoms with Crippen molar-refractivity contribution < 1.29 is 13.2 Å². The standard InChI is InChI=1S/C24H24F3N5/c1-17-8-11-29-16-23(17)32(21-6-4-20(5-7-21)24(25,26)27)22-9-12-31(13-10-22)19(3)15-30-18(2)14-28/h4-8,11,15-16,22H,2-3,9-10,12-13H2,1H3. The van der Waals surface area contributed by atoms with E-state index in [0.717, 1.165) is 36.2 Å². The fraction of sp³-hybridized carbons (Fsp3) is 0.292. The van der Waals surface area contributed by atoms with E-state index in [0.29, 0.717) is 24.5 Å². The van der Waals surface area contributed by atoms with Gasteiger partial charge in [-0.05, 0) is 55.7 Å². The number of aliphatic imine (C=N–C) groups is 1. The van der Waals surface area contributed by atoms with Gasteiger partial charge in [0.1, 0.15) is 11.8 Å². The van der Waals surface area contributed by atoms with Gasteiger partial charge in [-0.1, -0.05) is 13.2 Å². The van der Waals surface area contributed by atoms with Crippen molar-refractivity contribution in [2.24, 2.45) is 4.99 Å². The number of anilines is 2. The van der Waals surface area contributed by atoms with Crippen LogP contribution in [0.4, 0.5) is 24.5 Å². The molecule has 2 aromatic rings. The topological polar surface area (TPSA) is 55.5 Å². The van der Waals surface area contributed by atoms with Gasteiger partial charge in [0.2, 0.25) is 0 Å². The van der Waals surface area contributed by atoms with Crippen LogP contribution in [-0.2, 0) is 6.18 Å². The third-order valence-electron chi connectivity index (χ3n) is 5.48. The van der Waals surface area contributed by atoms with Gasteiger partial charge in [-0.25, -0.2) is 4.99 Å². The molecule has 1 aromatic carbocycles. The number of piperidine rings is 1. The minimum absolute atomic E-state index is 0.0738. The summed E-state index contributed by atoms with van der Waals surface area (Å²) in [5.41, 5.74) is 2.69. The summed E-state index contributed by atoms with van der Waals surface area (Å²) in [5.74, 6) is 0. The highest BCUT2D eigenvalue weighted by Gasteiger charge is 2.31. The molecule has 5 nitrogen and oxygen atoms in total. The van der Waals surface area contributed by atoms with Gasteiger partial charge in [-0.2, -0.15) is 18.4 Å². The number of alkyl halides is 3. The van der Waals surface area contributed by atoms with E-state index in [2.05, 4.69) is 32.9 Å². The SMILES string of the molecule is C=C(C#N)N=CC(=C)N1CCC(N(c2ccc(C(F)(F)F)cc2)c2cnccc2C)CC1. The van der Waals surface area contributed by atoms with Gasteiger partial charge in [-0.15, -0.1) is 0 Å². The zero-order valence-corrected chi connectivity index (χ0v) is 17.8. The van der Waals surface area contributed by atoms with Crippen LogP contribution in [0.3, 0.4) is 0 Å². The second-order valence-electron chi connectivity index (χ2n) is 7.60. The number of likely N-dealkylation sites (tertiary alicyclic amines) is 1. The van der Waals surface area contributed by atoms with Crippen molar-refractivity contribution in [2.45, 2.75) is 32.0 Å². The minimum atomic E-state index is -4.38. The summed E-state index contributed by atoms with van der Waals surface area (Å²) in [6.07, 6.45) is 2.13. The van der Waals surface area contributed by atoms with Crippen LogP contribution in [0, 0.1) is 18.3 Å². The zero-order valence-electron chi connectivity index (χ0n) is 17.8. The van der Waals surface area contributed by atoms with Gasteiger partial charge < -0.3 is 9.80 Å². The number of halogens is 3. The molecule has 0 amide bonds. The van der Waals surface area contributed by atoms with E-state index in [1.165, 1.54) is 18.3 Å². The number of benzene rings is 1. The molecule has 0 unspecified atom stereocenters. The molecule has 1 aromatic heterocycles. The maximum Gasteiger partial charge on any atom is 0.416 e. The Morgan fingerprint density at radius 1 is 1.22 bits per heavy atom. The number of pyridine rings is 1. The molecule has 0 saturated carbocycles. The van der Waals surface area contributed by atoms with Gasteiger partial charge in [0, 0.05) is 36.7 Å². The number of nitriles is 1. The number of rotatable bonds is 6. The summed E-state index contributed by atoms with van der Waals surface area (Å²) in [4.78, 5) is 12.4. The van der Waals surface area contributed by atoms with Crippen molar-refractivity contribution >= 4 is 17.6 Å². The van der Waals surface area contributed by atoms with Crippen LogP contribution in [0.15, 0.2) is 72.3 Å². The number of aromatic nitrogens is 1. The maximum absolute atomic E-state index is 13.0. The summed E-state index contributed by atoms with van der Waals surface area (Å²) in [6, 6.07) is 9.09. The monoisotopic (exact) mass is 439 g/mol. The van der Waals surface area contributed by atoms with E-state index in [1.54, 1.807) is 12.4 Å². The van der Waals surface area contributed by atoms with Crippen molar-refractivity contribution in [1.29, 1.82) is 5.26 Å². The number of nitrogens with zero attached hydrogens (tertiary/aromatic N) is 5. The summed E-state index contributed by atoms with van der Waals surface area (Å²) in [7, 11) is 0. The predicted molar refractivity (Wildman–Crippen MR) is 120 cm³/mol. The Kier molecular flexibility index (Phi) is 6.98. The molecule has 0 aliphatic carbocycles. The molecule has 3 rings (SSSR count). The second-order valence-corrected chi connectivity index (χ2v) is 7.60. The third kappa shape index (κ3) is 5.35. The van der Waals surface area contributed by atoms with Gasteiger partial charge >= 0.3 is 6.18 Å². The molecule has 1 aliphatic rings. The Morgan fingerprint density at radius 2 is 1.88 bits per heavy atom. The Labute approximate surface area is 185 Å². The highest BCUT2D eigenvalue weighted by Crippen LogP contribution is 2.36. The number of hydrogen-bond donors (Lipinski definition) is 0. The minimum Gasteiger partial charge on any atom is -0.371 e. The van der Waals surface area contributed by atoms with Gasteiger partial charge in [0.05, 0.1) is 23.7 Å². The predicted octanol–water partition coefficient (Wildman–Crippen LogP) is 5.63. The lowest BCUT2D eigenvalue weighted by Crippen LogP contribution is -2.43. The molecule has 0 bridgehead atoms. The summed E-state index contributed by atoms with van der Waals surface area (Å²) < 4.78 is 39.1. The molecule has 0 atom stereocenters. The van der Waals surface area contributed by atoms with Crippen molar-refractivity contribution in [3.63, 3.8) is 0 Å². The van der Waals surface area contributed by atoms with Crippen LogP contribution < -0.4 is 4.90 Å². The van der Waals surface area contributed by atoms with Gasteiger partial charge in [0.15, 0.2) is 0 Å². The molecule has 0 radical (unpaired) electrons. The number of hydrogen-bond acceptors (Lipinski definition) is 5. The van der Waals surface area contributed by atoms with Crippen molar-refractivity contribution in [2.75, 3.05) is 18.0 Å². The Bertz CT molecular complexity index is 1040. The van der Waals surface area contributed by atoms with E-state index in [1.807, 2.05) is 19.1 Å². The van der Waals surface area contributed by atoms with Crippen molar-refractivity contribution in [1.82, 2.24) is 9.88 Å². The molecule has 0 spiro atoms. The van der Waals surface area contributed by atoms with Crippen molar-refractivity contribution in [3.05, 3.63) is 78.4 Å². The molecular formula is C24H24F3N5. The quantitative estimate of drug-likeness (QED) is 0.432. The summed E-state index contributed by atoms with van der Waals surface area (Å²) >= 11 is 0. The normalized spacial score (nSPS) is 14.9. The lowest BCUT2D eigenvalue weighted by Gasteiger charge is -2.41.